The summed E-state index contributed by atoms with van der Waals surface area (Å²) in [4.78, 5) is 12.3. The normalized spacial score (nSPS) is 11.2. The number of hydrogen-bond donors (Lipinski definition) is 1. The van der Waals surface area contributed by atoms with E-state index in [2.05, 4.69) is 11.9 Å². The molecule has 2 aromatic rings. The Hall–Kier alpha value is -2.35. The summed E-state index contributed by atoms with van der Waals surface area (Å²) in [5.74, 6) is 0.133. The molecule has 0 saturated carbocycles. The third-order valence-electron chi connectivity index (χ3n) is 3.75. The van der Waals surface area contributed by atoms with Crippen molar-refractivity contribution in [2.24, 2.45) is 0 Å². The third kappa shape index (κ3) is 5.82. The fraction of sp³-hybridized carbons (Fsp3) is 0.211. The van der Waals surface area contributed by atoms with Gasteiger partial charge in [0.1, 0.15) is 5.75 Å². The van der Waals surface area contributed by atoms with Gasteiger partial charge in [-0.05, 0) is 42.0 Å². The quantitative estimate of drug-likeness (QED) is 0.647. The maximum atomic E-state index is 12.8. The largest absolute Gasteiger partial charge is 0.497 e. The van der Waals surface area contributed by atoms with Crippen LogP contribution in [0.5, 0.6) is 5.75 Å². The molecule has 1 amide bonds. The van der Waals surface area contributed by atoms with E-state index in [4.69, 9.17) is 16.3 Å². The van der Waals surface area contributed by atoms with Crippen molar-refractivity contribution in [3.8, 4) is 5.75 Å². The minimum atomic E-state index is -3.84. The highest BCUT2D eigenvalue weighted by Gasteiger charge is 2.25. The number of ether oxygens (including phenoxy) is 1. The van der Waals surface area contributed by atoms with Gasteiger partial charge in [0.2, 0.25) is 15.9 Å². The molecular weight excluding hydrogens is 388 g/mol. The Morgan fingerprint density at radius 2 is 1.81 bits per heavy atom. The number of benzene rings is 2. The molecule has 1 N–H and O–H groups in total. The Kier molecular flexibility index (Phi) is 7.41. The Labute approximate surface area is 164 Å². The summed E-state index contributed by atoms with van der Waals surface area (Å²) in [7, 11) is -2.35. The molecule has 0 bridgehead atoms. The van der Waals surface area contributed by atoms with E-state index in [1.54, 1.807) is 36.4 Å². The van der Waals surface area contributed by atoms with Gasteiger partial charge >= 0.3 is 0 Å². The SMILES string of the molecule is C=CCN(CC(=O)NCc1ccc(Cl)cc1)S(=O)(=O)c1ccc(OC)cc1. The number of amides is 1. The van der Waals surface area contributed by atoms with Gasteiger partial charge in [-0.3, -0.25) is 4.79 Å². The van der Waals surface area contributed by atoms with Crippen LogP contribution in [0.15, 0.2) is 66.1 Å². The number of carbonyl (C=O) groups is 1. The predicted molar refractivity (Wildman–Crippen MR) is 105 cm³/mol. The number of nitrogens with zero attached hydrogens (tertiary/aromatic N) is 1. The molecule has 0 heterocycles. The van der Waals surface area contributed by atoms with Gasteiger partial charge in [-0.1, -0.05) is 29.8 Å². The molecule has 0 aliphatic carbocycles. The standard InChI is InChI=1S/C19H21ClN2O4S/c1-3-12-22(27(24,25)18-10-8-17(26-2)9-11-18)14-19(23)21-13-15-4-6-16(20)7-5-15/h3-11H,1,12-14H2,2H3,(H,21,23). The predicted octanol–water partition coefficient (Wildman–Crippen LogP) is 2.84. The molecule has 0 aliphatic rings. The molecule has 2 aromatic carbocycles. The zero-order valence-corrected chi connectivity index (χ0v) is 16.5. The molecule has 0 unspecified atom stereocenters. The zero-order chi connectivity index (χ0) is 19.9. The minimum Gasteiger partial charge on any atom is -0.497 e. The lowest BCUT2D eigenvalue weighted by Gasteiger charge is -2.20. The summed E-state index contributed by atoms with van der Waals surface area (Å²) in [5.41, 5.74) is 0.862. The van der Waals surface area contributed by atoms with Crippen LogP contribution in [0, 0.1) is 0 Å². The number of methoxy groups -OCH3 is 1. The molecule has 0 spiro atoms. The Bertz CT molecular complexity index is 881. The van der Waals surface area contributed by atoms with Gasteiger partial charge in [-0.25, -0.2) is 8.42 Å². The number of carbonyl (C=O) groups excluding carboxylic acids is 1. The molecule has 8 heteroatoms. The molecule has 2 rings (SSSR count). The second-order valence-corrected chi connectivity index (χ2v) is 8.04. The van der Waals surface area contributed by atoms with Crippen LogP contribution in [0.3, 0.4) is 0 Å². The van der Waals surface area contributed by atoms with E-state index in [9.17, 15) is 13.2 Å². The second-order valence-electron chi connectivity index (χ2n) is 5.66. The van der Waals surface area contributed by atoms with Crippen molar-refractivity contribution in [2.75, 3.05) is 20.2 Å². The first-order valence-electron chi connectivity index (χ1n) is 8.13. The fourth-order valence-corrected chi connectivity index (χ4v) is 3.80. The average Bonchev–Trinajstić information content (AvgIpc) is 2.67. The molecule has 0 fully saturated rings. The van der Waals surface area contributed by atoms with Gasteiger partial charge < -0.3 is 10.1 Å². The Morgan fingerprint density at radius 3 is 2.37 bits per heavy atom. The maximum absolute atomic E-state index is 12.8. The summed E-state index contributed by atoms with van der Waals surface area (Å²) >= 11 is 5.83. The summed E-state index contributed by atoms with van der Waals surface area (Å²) in [6.45, 7) is 3.56. The highest BCUT2D eigenvalue weighted by molar-refractivity contribution is 7.89. The van der Waals surface area contributed by atoms with Gasteiger partial charge in [0.05, 0.1) is 18.6 Å². The van der Waals surface area contributed by atoms with E-state index in [0.717, 1.165) is 9.87 Å². The van der Waals surface area contributed by atoms with Gasteiger partial charge in [0.25, 0.3) is 0 Å². The Morgan fingerprint density at radius 1 is 1.19 bits per heavy atom. The summed E-state index contributed by atoms with van der Waals surface area (Å²) in [6, 6.07) is 13.0. The van der Waals surface area contributed by atoms with Crippen LogP contribution in [-0.2, 0) is 21.4 Å². The van der Waals surface area contributed by atoms with E-state index in [1.807, 2.05) is 0 Å². The highest BCUT2D eigenvalue weighted by atomic mass is 35.5. The molecule has 0 aromatic heterocycles. The van der Waals surface area contributed by atoms with E-state index in [1.165, 1.54) is 25.3 Å². The molecule has 0 radical (unpaired) electrons. The van der Waals surface area contributed by atoms with Gasteiger partial charge in [-0.15, -0.1) is 6.58 Å². The summed E-state index contributed by atoms with van der Waals surface area (Å²) < 4.78 is 31.7. The number of halogens is 1. The number of hydrogen-bond acceptors (Lipinski definition) is 4. The third-order valence-corrected chi connectivity index (χ3v) is 5.83. The van der Waals surface area contributed by atoms with Crippen LogP contribution >= 0.6 is 11.6 Å². The van der Waals surface area contributed by atoms with E-state index in [-0.39, 0.29) is 24.5 Å². The van der Waals surface area contributed by atoms with Crippen LogP contribution in [0.4, 0.5) is 0 Å². The lowest BCUT2D eigenvalue weighted by atomic mass is 10.2. The van der Waals surface area contributed by atoms with Crippen LogP contribution in [0.1, 0.15) is 5.56 Å². The molecule has 6 nitrogen and oxygen atoms in total. The molecule has 144 valence electrons. The first kappa shape index (κ1) is 21.0. The van der Waals surface area contributed by atoms with Crippen molar-refractivity contribution >= 4 is 27.5 Å². The van der Waals surface area contributed by atoms with Crippen LogP contribution in [0.2, 0.25) is 5.02 Å². The van der Waals surface area contributed by atoms with Crippen molar-refractivity contribution in [1.82, 2.24) is 9.62 Å². The highest BCUT2D eigenvalue weighted by Crippen LogP contribution is 2.19. The smallest absolute Gasteiger partial charge is 0.243 e. The maximum Gasteiger partial charge on any atom is 0.243 e. The van der Waals surface area contributed by atoms with Gasteiger partial charge in [0, 0.05) is 18.1 Å². The first-order valence-corrected chi connectivity index (χ1v) is 9.95. The summed E-state index contributed by atoms with van der Waals surface area (Å²) in [5, 5.41) is 3.31. The van der Waals surface area contributed by atoms with Gasteiger partial charge in [0.15, 0.2) is 0 Å². The number of sulfonamides is 1. The fourth-order valence-electron chi connectivity index (χ4n) is 2.31. The minimum absolute atomic E-state index is 0.0166. The second kappa shape index (κ2) is 9.55. The van der Waals surface area contributed by atoms with Gasteiger partial charge in [-0.2, -0.15) is 4.31 Å². The molecular formula is C19H21ClN2O4S. The van der Waals surface area contributed by atoms with Crippen molar-refractivity contribution in [3.63, 3.8) is 0 Å². The number of rotatable bonds is 9. The molecule has 27 heavy (non-hydrogen) atoms. The van der Waals surface area contributed by atoms with Crippen molar-refractivity contribution in [1.29, 1.82) is 0 Å². The molecule has 0 atom stereocenters. The zero-order valence-electron chi connectivity index (χ0n) is 14.9. The molecule has 0 saturated heterocycles. The average molecular weight is 409 g/mol. The van der Waals surface area contributed by atoms with Crippen molar-refractivity contribution in [2.45, 2.75) is 11.4 Å². The first-order chi connectivity index (χ1) is 12.9. The van der Waals surface area contributed by atoms with E-state index >= 15 is 0 Å². The van der Waals surface area contributed by atoms with E-state index in [0.29, 0.717) is 10.8 Å². The van der Waals surface area contributed by atoms with Crippen LogP contribution < -0.4 is 10.1 Å². The van der Waals surface area contributed by atoms with Crippen molar-refractivity contribution in [3.05, 3.63) is 71.8 Å². The topological polar surface area (TPSA) is 75.7 Å². The lowest BCUT2D eigenvalue weighted by molar-refractivity contribution is -0.121. The van der Waals surface area contributed by atoms with Crippen molar-refractivity contribution < 1.29 is 17.9 Å². The Balaban J connectivity index is 2.07. The number of nitrogens with one attached hydrogen (secondary N) is 1. The molecule has 0 aliphatic heterocycles. The summed E-state index contributed by atoms with van der Waals surface area (Å²) in [6.07, 6.45) is 1.44. The van der Waals surface area contributed by atoms with Crippen LogP contribution in [-0.4, -0.2) is 38.8 Å². The van der Waals surface area contributed by atoms with Crippen LogP contribution in [0.25, 0.3) is 0 Å². The van der Waals surface area contributed by atoms with E-state index < -0.39 is 15.9 Å². The monoisotopic (exact) mass is 408 g/mol. The lowest BCUT2D eigenvalue weighted by Crippen LogP contribution is -2.40.